The molecule has 1 N–H and O–H groups in total. The number of carbonyl (C=O) groups is 2. The lowest BCUT2D eigenvalue weighted by molar-refractivity contribution is 0.0463. The summed E-state index contributed by atoms with van der Waals surface area (Å²) in [5.41, 5.74) is 1.73. The highest BCUT2D eigenvalue weighted by Crippen LogP contribution is 2.33. The van der Waals surface area contributed by atoms with Crippen molar-refractivity contribution in [1.82, 2.24) is 20.1 Å². The third-order valence-corrected chi connectivity index (χ3v) is 7.99. The number of fused-ring (bicyclic) bond motifs is 3. The van der Waals surface area contributed by atoms with Crippen molar-refractivity contribution in [3.63, 3.8) is 0 Å². The molecule has 5 rings (SSSR count). The van der Waals surface area contributed by atoms with Crippen LogP contribution < -0.4 is 10.2 Å². The summed E-state index contributed by atoms with van der Waals surface area (Å²) in [7, 11) is 2.22. The molecule has 0 saturated carbocycles. The van der Waals surface area contributed by atoms with Gasteiger partial charge in [-0.3, -0.25) is 4.79 Å². The lowest BCUT2D eigenvalue weighted by Crippen LogP contribution is -2.58. The fourth-order valence-corrected chi connectivity index (χ4v) is 6.29. The Bertz CT molecular complexity index is 1060. The number of nitrogens with one attached hydrogen (secondary N) is 1. The molecular formula is C26H37N5O4. The Morgan fingerprint density at radius 1 is 1.14 bits per heavy atom. The molecule has 4 unspecified atom stereocenters. The van der Waals surface area contributed by atoms with E-state index in [4.69, 9.17) is 14.1 Å². The maximum Gasteiger partial charge on any atom is 0.409 e. The van der Waals surface area contributed by atoms with Crippen molar-refractivity contribution < 1.29 is 18.7 Å². The minimum atomic E-state index is -0.291. The van der Waals surface area contributed by atoms with Crippen molar-refractivity contribution in [3.05, 3.63) is 23.8 Å². The van der Waals surface area contributed by atoms with Gasteiger partial charge in [-0.1, -0.05) is 12.5 Å². The zero-order valence-corrected chi connectivity index (χ0v) is 21.2. The van der Waals surface area contributed by atoms with E-state index in [9.17, 15) is 9.59 Å². The second-order valence-electron chi connectivity index (χ2n) is 10.4. The van der Waals surface area contributed by atoms with E-state index in [1.54, 1.807) is 4.90 Å². The summed E-state index contributed by atoms with van der Waals surface area (Å²) >= 11 is 0. The molecule has 1 aromatic carbocycles. The van der Waals surface area contributed by atoms with Crippen LogP contribution in [0, 0.1) is 0 Å². The van der Waals surface area contributed by atoms with E-state index < -0.39 is 0 Å². The number of piperidine rings is 2. The van der Waals surface area contributed by atoms with Gasteiger partial charge in [-0.15, -0.1) is 0 Å². The molecule has 9 nitrogen and oxygen atoms in total. The Morgan fingerprint density at radius 2 is 1.83 bits per heavy atom. The molecule has 2 aromatic rings. The van der Waals surface area contributed by atoms with E-state index in [-0.39, 0.29) is 30.1 Å². The lowest BCUT2D eigenvalue weighted by Gasteiger charge is -2.47. The topological polar surface area (TPSA) is 91.1 Å². The fraction of sp³-hybridized carbons (Fsp3) is 0.654. The van der Waals surface area contributed by atoms with Crippen LogP contribution in [0.2, 0.25) is 0 Å². The van der Waals surface area contributed by atoms with Gasteiger partial charge in [0.2, 0.25) is 0 Å². The third kappa shape index (κ3) is 4.58. The molecule has 0 aliphatic carbocycles. The first-order valence-electron chi connectivity index (χ1n) is 13.0. The molecule has 1 aromatic heterocycles. The fourth-order valence-electron chi connectivity index (χ4n) is 6.29. The Morgan fingerprint density at radius 3 is 2.49 bits per heavy atom. The van der Waals surface area contributed by atoms with Crippen LogP contribution in [-0.4, -0.2) is 83.7 Å². The number of ether oxygens (including phenoxy) is 1. The van der Waals surface area contributed by atoms with Gasteiger partial charge < -0.3 is 29.2 Å². The molecule has 190 valence electrons. The summed E-state index contributed by atoms with van der Waals surface area (Å²) in [6, 6.07) is 7.29. The Hall–Kier alpha value is -2.81. The maximum absolute atomic E-state index is 13.3. The number of anilines is 1. The molecular weight excluding hydrogens is 446 g/mol. The minimum Gasteiger partial charge on any atom is -0.450 e. The molecule has 4 atom stereocenters. The zero-order valence-electron chi connectivity index (χ0n) is 21.2. The smallest absolute Gasteiger partial charge is 0.409 e. The largest absolute Gasteiger partial charge is 0.450 e. The number of hydrogen-bond donors (Lipinski definition) is 1. The number of amides is 2. The second kappa shape index (κ2) is 9.68. The Labute approximate surface area is 206 Å². The van der Waals surface area contributed by atoms with Crippen molar-refractivity contribution >= 4 is 29.1 Å². The van der Waals surface area contributed by atoms with Gasteiger partial charge >= 0.3 is 6.09 Å². The van der Waals surface area contributed by atoms with E-state index in [0.717, 1.165) is 12.8 Å². The standard InChI is InChI=1S/C26H37N5O4/c1-5-34-26(33)30-14-16(2)31(17(3)15-30)25-28-23-21(10-7-11-22(23)35-25)24(32)27-18-12-19-8-6-9-20(13-18)29(19)4/h7,10-11,16-20H,5-6,8-9,12-15H2,1-4H3,(H,27,32). The van der Waals surface area contributed by atoms with Crippen molar-refractivity contribution in [1.29, 1.82) is 0 Å². The Kier molecular flexibility index (Phi) is 6.61. The van der Waals surface area contributed by atoms with Gasteiger partial charge in [0.1, 0.15) is 5.52 Å². The van der Waals surface area contributed by atoms with Crippen LogP contribution in [0.4, 0.5) is 10.8 Å². The van der Waals surface area contributed by atoms with Gasteiger partial charge in [-0.25, -0.2) is 4.79 Å². The third-order valence-electron chi connectivity index (χ3n) is 7.99. The van der Waals surface area contributed by atoms with Gasteiger partial charge in [-0.05, 0) is 65.6 Å². The number of benzene rings is 1. The average molecular weight is 484 g/mol. The van der Waals surface area contributed by atoms with Crippen LogP contribution in [-0.2, 0) is 4.74 Å². The van der Waals surface area contributed by atoms with Crippen LogP contribution in [0.3, 0.4) is 0 Å². The van der Waals surface area contributed by atoms with E-state index >= 15 is 0 Å². The highest BCUT2D eigenvalue weighted by atomic mass is 16.6. The quantitative estimate of drug-likeness (QED) is 0.710. The predicted octanol–water partition coefficient (Wildman–Crippen LogP) is 3.63. The number of nitrogens with zero attached hydrogens (tertiary/aromatic N) is 4. The van der Waals surface area contributed by atoms with Crippen LogP contribution >= 0.6 is 0 Å². The van der Waals surface area contributed by atoms with Crippen LogP contribution in [0.15, 0.2) is 22.6 Å². The number of carbonyl (C=O) groups excluding carboxylic acids is 2. The van der Waals surface area contributed by atoms with Crippen molar-refractivity contribution in [3.8, 4) is 0 Å². The average Bonchev–Trinajstić information content (AvgIpc) is 3.23. The molecule has 35 heavy (non-hydrogen) atoms. The molecule has 4 heterocycles. The van der Waals surface area contributed by atoms with Crippen LogP contribution in [0.5, 0.6) is 0 Å². The Balaban J connectivity index is 1.33. The number of para-hydroxylation sites is 1. The van der Waals surface area contributed by atoms with Crippen LogP contribution in [0.25, 0.3) is 11.1 Å². The van der Waals surface area contributed by atoms with Crippen molar-refractivity contribution in [2.75, 3.05) is 31.6 Å². The highest BCUT2D eigenvalue weighted by Gasteiger charge is 2.38. The second-order valence-corrected chi connectivity index (χ2v) is 10.4. The number of piperazine rings is 1. The van der Waals surface area contributed by atoms with Gasteiger partial charge in [0.05, 0.1) is 12.2 Å². The molecule has 3 saturated heterocycles. The van der Waals surface area contributed by atoms with Crippen molar-refractivity contribution in [2.45, 2.75) is 83.1 Å². The zero-order chi connectivity index (χ0) is 24.7. The number of oxazole rings is 1. The van der Waals surface area contributed by atoms with Gasteiger partial charge in [0, 0.05) is 43.3 Å². The normalized spacial score (nSPS) is 29.3. The molecule has 3 aliphatic heterocycles. The van der Waals surface area contributed by atoms with E-state index in [0.29, 0.717) is 54.5 Å². The predicted molar refractivity (Wildman–Crippen MR) is 134 cm³/mol. The maximum atomic E-state index is 13.3. The first-order chi connectivity index (χ1) is 16.9. The molecule has 3 aliphatic rings. The highest BCUT2D eigenvalue weighted by molar-refractivity contribution is 6.04. The SMILES string of the molecule is CCOC(=O)N1CC(C)N(c2nc3c(C(=O)NC4CC5CCCC(C4)N5C)cccc3o2)C(C)C1. The molecule has 2 bridgehead atoms. The number of hydrogen-bond acceptors (Lipinski definition) is 7. The monoisotopic (exact) mass is 483 g/mol. The molecule has 0 radical (unpaired) electrons. The molecule has 0 spiro atoms. The minimum absolute atomic E-state index is 0.00728. The summed E-state index contributed by atoms with van der Waals surface area (Å²) in [4.78, 5) is 36.7. The number of rotatable bonds is 4. The first-order valence-corrected chi connectivity index (χ1v) is 13.0. The van der Waals surface area contributed by atoms with Gasteiger partial charge in [-0.2, -0.15) is 4.98 Å². The van der Waals surface area contributed by atoms with E-state index in [1.807, 2.05) is 39.0 Å². The van der Waals surface area contributed by atoms with E-state index in [2.05, 4.69) is 22.2 Å². The summed E-state index contributed by atoms with van der Waals surface area (Å²) in [5, 5.41) is 3.29. The first kappa shape index (κ1) is 23.9. The van der Waals surface area contributed by atoms with Crippen molar-refractivity contribution in [2.24, 2.45) is 0 Å². The lowest BCUT2D eigenvalue weighted by atomic mass is 9.82. The molecule has 2 amide bonds. The van der Waals surface area contributed by atoms with E-state index in [1.165, 1.54) is 19.3 Å². The molecule has 3 fully saturated rings. The summed E-state index contributed by atoms with van der Waals surface area (Å²) in [6.07, 6.45) is 5.41. The van der Waals surface area contributed by atoms with Crippen LogP contribution in [0.1, 0.15) is 63.2 Å². The summed E-state index contributed by atoms with van der Waals surface area (Å²) < 4.78 is 11.3. The summed E-state index contributed by atoms with van der Waals surface area (Å²) in [5.74, 6) is -0.0868. The molecule has 9 heteroatoms. The summed E-state index contributed by atoms with van der Waals surface area (Å²) in [6.45, 7) is 7.30. The van der Waals surface area contributed by atoms with Gasteiger partial charge in [0.15, 0.2) is 5.58 Å². The number of aromatic nitrogens is 1. The van der Waals surface area contributed by atoms with Gasteiger partial charge in [0.25, 0.3) is 11.9 Å².